The molecule has 0 atom stereocenters. The lowest BCUT2D eigenvalue weighted by atomic mass is 9.84. The van der Waals surface area contributed by atoms with Crippen molar-refractivity contribution in [3.63, 3.8) is 0 Å². The number of fused-ring (bicyclic) bond motifs is 1. The summed E-state index contributed by atoms with van der Waals surface area (Å²) in [6.45, 7) is 8.40. The zero-order chi connectivity index (χ0) is 24.0. The molecule has 5 nitrogen and oxygen atoms in total. The Morgan fingerprint density at radius 1 is 0.970 bits per heavy atom. The fourth-order valence-electron chi connectivity index (χ4n) is 4.05. The highest BCUT2D eigenvalue weighted by Crippen LogP contribution is 2.36. The molecule has 6 heteroatoms. The Bertz CT molecular complexity index is 1100. The molecule has 1 heterocycles. The van der Waals surface area contributed by atoms with Gasteiger partial charge in [-0.05, 0) is 48.1 Å². The summed E-state index contributed by atoms with van der Waals surface area (Å²) < 4.78 is 0. The molecule has 0 saturated heterocycles. The molecule has 1 N–H and O–H groups in total. The van der Waals surface area contributed by atoms with Crippen molar-refractivity contribution >= 4 is 28.4 Å². The zero-order valence-electron chi connectivity index (χ0n) is 20.3. The molecule has 0 bridgehead atoms. The van der Waals surface area contributed by atoms with Gasteiger partial charge in [0.15, 0.2) is 0 Å². The van der Waals surface area contributed by atoms with Crippen LogP contribution in [0.5, 0.6) is 5.75 Å². The summed E-state index contributed by atoms with van der Waals surface area (Å²) in [6.07, 6.45) is 8.89. The van der Waals surface area contributed by atoms with Gasteiger partial charge in [-0.3, -0.25) is 4.79 Å². The van der Waals surface area contributed by atoms with Gasteiger partial charge in [0.25, 0.3) is 0 Å². The van der Waals surface area contributed by atoms with Gasteiger partial charge in [-0.2, -0.15) is 0 Å². The average molecular weight is 470 g/mol. The van der Waals surface area contributed by atoms with Gasteiger partial charge in [0.1, 0.15) is 28.3 Å². The quantitative estimate of drug-likeness (QED) is 0.298. The van der Waals surface area contributed by atoms with Crippen molar-refractivity contribution in [2.24, 2.45) is 0 Å². The molecule has 178 valence electrons. The first-order chi connectivity index (χ1) is 15.7. The topological polar surface area (TPSA) is 68.0 Å². The first-order valence-corrected chi connectivity index (χ1v) is 12.5. The Kier molecular flexibility index (Phi) is 8.52. The number of aromatic hydroxyl groups is 1. The molecule has 0 aliphatic rings. The lowest BCUT2D eigenvalue weighted by Crippen LogP contribution is -2.14. The minimum absolute atomic E-state index is 0.163. The second-order valence-corrected chi connectivity index (χ2v) is 10.4. The van der Waals surface area contributed by atoms with E-state index in [4.69, 9.17) is 11.6 Å². The number of phenols is 1. The monoisotopic (exact) mass is 469 g/mol. The van der Waals surface area contributed by atoms with E-state index in [0.717, 1.165) is 24.0 Å². The van der Waals surface area contributed by atoms with Crippen LogP contribution in [0.2, 0.25) is 5.02 Å². The van der Waals surface area contributed by atoms with Crippen molar-refractivity contribution in [3.8, 4) is 11.4 Å². The lowest BCUT2D eigenvalue weighted by molar-refractivity contribution is -0.119. The van der Waals surface area contributed by atoms with Crippen LogP contribution in [0.25, 0.3) is 16.7 Å². The molecule has 0 spiro atoms. The number of aromatic nitrogens is 3. The van der Waals surface area contributed by atoms with Gasteiger partial charge < -0.3 is 5.11 Å². The summed E-state index contributed by atoms with van der Waals surface area (Å²) in [5.41, 5.74) is 3.44. The van der Waals surface area contributed by atoms with Crippen molar-refractivity contribution in [1.29, 1.82) is 0 Å². The van der Waals surface area contributed by atoms with E-state index in [1.807, 2.05) is 18.2 Å². The van der Waals surface area contributed by atoms with E-state index in [1.165, 1.54) is 30.5 Å². The SMILES string of the molecule is CCCCCCCCC(=O)CCc1cc(-n2nc3ccc(Cl)cc3n2)c(O)c(C(C)(C)C)c1. The average Bonchev–Trinajstić information content (AvgIpc) is 3.17. The number of unbranched alkanes of at least 4 members (excludes halogenated alkanes) is 5. The number of ketones is 1. The number of aryl methyl sites for hydroxylation is 1. The molecular weight excluding hydrogens is 434 g/mol. The molecule has 0 aliphatic carbocycles. The Balaban J connectivity index is 1.77. The third-order valence-corrected chi connectivity index (χ3v) is 6.25. The highest BCUT2D eigenvalue weighted by molar-refractivity contribution is 6.31. The van der Waals surface area contributed by atoms with Crippen LogP contribution in [0.4, 0.5) is 0 Å². The Labute approximate surface area is 202 Å². The molecular formula is C27H36ClN3O2. The summed E-state index contributed by atoms with van der Waals surface area (Å²) in [5.74, 6) is 0.464. The number of halogens is 1. The van der Waals surface area contributed by atoms with Crippen LogP contribution in [0.1, 0.15) is 90.2 Å². The van der Waals surface area contributed by atoms with E-state index in [2.05, 4.69) is 37.9 Å². The number of Topliss-reactive ketones (excluding diaryl/α,β-unsaturated/α-hetero) is 1. The molecule has 0 saturated carbocycles. The molecule has 3 aromatic rings. The zero-order valence-corrected chi connectivity index (χ0v) is 21.1. The molecule has 0 amide bonds. The molecule has 2 aromatic carbocycles. The molecule has 1 aromatic heterocycles. The van der Waals surface area contributed by atoms with Crippen molar-refractivity contribution in [3.05, 3.63) is 46.5 Å². The van der Waals surface area contributed by atoms with E-state index in [1.54, 1.807) is 12.1 Å². The maximum absolute atomic E-state index is 12.5. The van der Waals surface area contributed by atoms with Crippen LogP contribution in [0.15, 0.2) is 30.3 Å². The molecule has 0 unspecified atom stereocenters. The first kappa shape index (κ1) is 25.2. The largest absolute Gasteiger partial charge is 0.505 e. The predicted octanol–water partition coefficient (Wildman–Crippen LogP) is 7.33. The van der Waals surface area contributed by atoms with Gasteiger partial charge >= 0.3 is 0 Å². The number of carbonyl (C=O) groups excluding carboxylic acids is 1. The number of rotatable bonds is 11. The molecule has 0 aliphatic heterocycles. The highest BCUT2D eigenvalue weighted by Gasteiger charge is 2.23. The maximum atomic E-state index is 12.5. The summed E-state index contributed by atoms with van der Waals surface area (Å²) in [5, 5.41) is 20.7. The number of nitrogens with zero attached hydrogens (tertiary/aromatic N) is 3. The van der Waals surface area contributed by atoms with E-state index in [-0.39, 0.29) is 11.2 Å². The number of hydrogen-bond donors (Lipinski definition) is 1. The maximum Gasteiger partial charge on any atom is 0.146 e. The molecule has 33 heavy (non-hydrogen) atoms. The van der Waals surface area contributed by atoms with Gasteiger partial charge in [-0.1, -0.05) is 77.5 Å². The van der Waals surface area contributed by atoms with Crippen LogP contribution in [0.3, 0.4) is 0 Å². The lowest BCUT2D eigenvalue weighted by Gasteiger charge is -2.23. The normalized spacial score (nSPS) is 11.9. The Morgan fingerprint density at radius 3 is 2.39 bits per heavy atom. The smallest absolute Gasteiger partial charge is 0.146 e. The van der Waals surface area contributed by atoms with Crippen molar-refractivity contribution in [1.82, 2.24) is 15.0 Å². The number of hydrogen-bond acceptors (Lipinski definition) is 4. The van der Waals surface area contributed by atoms with Crippen LogP contribution in [-0.4, -0.2) is 25.9 Å². The van der Waals surface area contributed by atoms with Gasteiger partial charge in [0.2, 0.25) is 0 Å². The van der Waals surface area contributed by atoms with Crippen LogP contribution in [0, 0.1) is 0 Å². The van der Waals surface area contributed by atoms with E-state index in [9.17, 15) is 9.90 Å². The number of benzene rings is 2. The van der Waals surface area contributed by atoms with Gasteiger partial charge in [-0.25, -0.2) is 0 Å². The molecule has 0 fully saturated rings. The second-order valence-electron chi connectivity index (χ2n) is 9.94. The summed E-state index contributed by atoms with van der Waals surface area (Å²) in [7, 11) is 0. The van der Waals surface area contributed by atoms with E-state index < -0.39 is 0 Å². The standard InChI is InChI=1S/C27H36ClN3O2/c1-5-6-7-8-9-10-11-21(32)14-12-19-16-22(27(2,3)4)26(33)25(17-19)31-29-23-15-13-20(28)18-24(23)30-31/h13,15-18,33H,5-12,14H2,1-4H3. The third kappa shape index (κ3) is 6.80. The van der Waals surface area contributed by atoms with Gasteiger partial charge in [0, 0.05) is 23.4 Å². The number of phenolic OH excluding ortho intramolecular Hbond substituents is 1. The predicted molar refractivity (Wildman–Crippen MR) is 136 cm³/mol. The summed E-state index contributed by atoms with van der Waals surface area (Å²) >= 11 is 6.10. The van der Waals surface area contributed by atoms with Crippen LogP contribution in [-0.2, 0) is 16.6 Å². The first-order valence-electron chi connectivity index (χ1n) is 12.1. The fraction of sp³-hybridized carbons (Fsp3) is 0.519. The fourth-order valence-corrected chi connectivity index (χ4v) is 4.22. The third-order valence-electron chi connectivity index (χ3n) is 6.02. The number of carbonyl (C=O) groups is 1. The van der Waals surface area contributed by atoms with Crippen LogP contribution < -0.4 is 0 Å². The van der Waals surface area contributed by atoms with Crippen molar-refractivity contribution in [2.45, 2.75) is 90.9 Å². The Morgan fingerprint density at radius 2 is 1.67 bits per heavy atom. The summed E-state index contributed by atoms with van der Waals surface area (Å²) in [4.78, 5) is 13.9. The second kappa shape index (κ2) is 11.1. The molecule has 0 radical (unpaired) electrons. The highest BCUT2D eigenvalue weighted by atomic mass is 35.5. The van der Waals surface area contributed by atoms with Crippen molar-refractivity contribution < 1.29 is 9.90 Å². The van der Waals surface area contributed by atoms with E-state index >= 15 is 0 Å². The molecule has 3 rings (SSSR count). The Hall–Kier alpha value is -2.40. The minimum Gasteiger partial charge on any atom is -0.505 e. The van der Waals surface area contributed by atoms with E-state index in [0.29, 0.717) is 46.8 Å². The summed E-state index contributed by atoms with van der Waals surface area (Å²) in [6, 6.07) is 9.25. The van der Waals surface area contributed by atoms with Gasteiger partial charge in [0.05, 0.1) is 0 Å². The van der Waals surface area contributed by atoms with Crippen LogP contribution >= 0.6 is 11.6 Å². The van der Waals surface area contributed by atoms with Gasteiger partial charge in [-0.15, -0.1) is 15.0 Å². The minimum atomic E-state index is -0.271. The van der Waals surface area contributed by atoms with Crippen molar-refractivity contribution in [2.75, 3.05) is 0 Å².